The Hall–Kier alpha value is -2.62. The van der Waals surface area contributed by atoms with Gasteiger partial charge in [-0.1, -0.05) is 6.07 Å². The zero-order chi connectivity index (χ0) is 16.0. The van der Waals surface area contributed by atoms with Crippen LogP contribution in [0.2, 0.25) is 0 Å². The molecular weight excluding hydrogens is 289 g/mol. The van der Waals surface area contributed by atoms with E-state index < -0.39 is 0 Å². The lowest BCUT2D eigenvalue weighted by Gasteiger charge is -2.08. The molecule has 1 N–H and O–H groups in total. The van der Waals surface area contributed by atoms with Gasteiger partial charge in [-0.3, -0.25) is 0 Å². The van der Waals surface area contributed by atoms with Crippen molar-refractivity contribution < 1.29 is 4.39 Å². The van der Waals surface area contributed by atoms with Crippen molar-refractivity contribution in [1.29, 1.82) is 0 Å². The van der Waals surface area contributed by atoms with E-state index >= 15 is 0 Å². The molecule has 0 atom stereocenters. The maximum Gasteiger partial charge on any atom is 0.133 e. The standard InChI is InChI=1S/C19H18FN3/c1-12-3-8-16(11-13(12)2)23-19-17(9-10-21-19)18(22-23)14-4-6-15(20)7-5-14/h3-8,11,21H,9-10H2,1-2H3. The number of nitrogens with zero attached hydrogens (tertiary/aromatic N) is 2. The smallest absolute Gasteiger partial charge is 0.133 e. The lowest BCUT2D eigenvalue weighted by Crippen LogP contribution is -2.04. The highest BCUT2D eigenvalue weighted by Crippen LogP contribution is 2.34. The van der Waals surface area contributed by atoms with Crippen molar-refractivity contribution in [2.75, 3.05) is 11.9 Å². The normalized spacial score (nSPS) is 13.0. The predicted molar refractivity (Wildman–Crippen MR) is 90.6 cm³/mol. The van der Waals surface area contributed by atoms with E-state index in [1.165, 1.54) is 28.8 Å². The van der Waals surface area contributed by atoms with Crippen LogP contribution in [0.25, 0.3) is 16.9 Å². The topological polar surface area (TPSA) is 29.9 Å². The van der Waals surface area contributed by atoms with E-state index in [4.69, 9.17) is 5.10 Å². The summed E-state index contributed by atoms with van der Waals surface area (Å²) < 4.78 is 15.2. The van der Waals surface area contributed by atoms with Gasteiger partial charge in [0.25, 0.3) is 0 Å². The average Bonchev–Trinajstić information content (AvgIpc) is 3.13. The van der Waals surface area contributed by atoms with Crippen LogP contribution in [-0.4, -0.2) is 16.3 Å². The van der Waals surface area contributed by atoms with E-state index in [1.54, 1.807) is 12.1 Å². The van der Waals surface area contributed by atoms with Gasteiger partial charge in [-0.05, 0) is 67.8 Å². The number of benzene rings is 2. The van der Waals surface area contributed by atoms with Gasteiger partial charge in [-0.15, -0.1) is 0 Å². The molecule has 2 aromatic carbocycles. The summed E-state index contributed by atoms with van der Waals surface area (Å²) in [5.41, 5.74) is 6.65. The van der Waals surface area contributed by atoms with Crippen LogP contribution in [0.5, 0.6) is 0 Å². The van der Waals surface area contributed by atoms with E-state index in [0.29, 0.717) is 0 Å². The molecule has 2 heterocycles. The maximum atomic E-state index is 13.2. The van der Waals surface area contributed by atoms with E-state index in [9.17, 15) is 4.39 Å². The summed E-state index contributed by atoms with van der Waals surface area (Å²) in [6, 6.07) is 12.9. The van der Waals surface area contributed by atoms with Crippen molar-refractivity contribution in [2.24, 2.45) is 0 Å². The first kappa shape index (κ1) is 14.0. The fourth-order valence-corrected chi connectivity index (χ4v) is 3.06. The summed E-state index contributed by atoms with van der Waals surface area (Å²) in [7, 11) is 0. The Morgan fingerprint density at radius 2 is 1.83 bits per heavy atom. The van der Waals surface area contributed by atoms with Crippen molar-refractivity contribution in [3.05, 3.63) is 65.0 Å². The van der Waals surface area contributed by atoms with Crippen LogP contribution >= 0.6 is 0 Å². The Balaban J connectivity index is 1.87. The molecule has 1 aromatic heterocycles. The molecule has 4 rings (SSSR count). The molecule has 0 radical (unpaired) electrons. The van der Waals surface area contributed by atoms with Crippen molar-refractivity contribution in [1.82, 2.24) is 9.78 Å². The minimum atomic E-state index is -0.225. The van der Waals surface area contributed by atoms with Crippen molar-refractivity contribution >= 4 is 5.82 Å². The SMILES string of the molecule is Cc1ccc(-n2nc(-c3ccc(F)cc3)c3c2NCC3)cc1C. The number of fused-ring (bicyclic) bond motifs is 1. The van der Waals surface area contributed by atoms with Gasteiger partial charge < -0.3 is 5.32 Å². The van der Waals surface area contributed by atoms with Crippen molar-refractivity contribution in [2.45, 2.75) is 20.3 Å². The number of nitrogens with one attached hydrogen (secondary N) is 1. The second-order valence-corrected chi connectivity index (χ2v) is 6.04. The fraction of sp³-hybridized carbons (Fsp3) is 0.211. The van der Waals surface area contributed by atoms with Gasteiger partial charge >= 0.3 is 0 Å². The first-order valence-electron chi connectivity index (χ1n) is 7.83. The van der Waals surface area contributed by atoms with Crippen LogP contribution in [0.3, 0.4) is 0 Å². The molecular formula is C19H18FN3. The predicted octanol–water partition coefficient (Wildman–Crippen LogP) is 4.26. The first-order chi connectivity index (χ1) is 11.1. The van der Waals surface area contributed by atoms with Crippen LogP contribution in [0.4, 0.5) is 10.2 Å². The number of hydrogen-bond acceptors (Lipinski definition) is 2. The molecule has 3 nitrogen and oxygen atoms in total. The first-order valence-corrected chi connectivity index (χ1v) is 7.83. The molecule has 0 amide bonds. The zero-order valence-corrected chi connectivity index (χ0v) is 13.2. The number of aromatic nitrogens is 2. The Morgan fingerprint density at radius 3 is 2.57 bits per heavy atom. The maximum absolute atomic E-state index is 13.2. The molecule has 0 bridgehead atoms. The number of aryl methyl sites for hydroxylation is 2. The summed E-state index contributed by atoms with van der Waals surface area (Å²) in [5, 5.41) is 8.23. The third-order valence-corrected chi connectivity index (χ3v) is 4.50. The van der Waals surface area contributed by atoms with E-state index in [0.717, 1.165) is 35.7 Å². The second kappa shape index (κ2) is 5.23. The van der Waals surface area contributed by atoms with Gasteiger partial charge in [-0.2, -0.15) is 5.10 Å². The molecule has 116 valence electrons. The minimum absolute atomic E-state index is 0.225. The highest BCUT2D eigenvalue weighted by Gasteiger charge is 2.23. The molecule has 1 aliphatic heterocycles. The van der Waals surface area contributed by atoms with Gasteiger partial charge in [0, 0.05) is 17.7 Å². The molecule has 4 heteroatoms. The highest BCUT2D eigenvalue weighted by atomic mass is 19.1. The number of anilines is 1. The fourth-order valence-electron chi connectivity index (χ4n) is 3.06. The highest BCUT2D eigenvalue weighted by molar-refractivity contribution is 5.72. The molecule has 1 aliphatic rings. The summed E-state index contributed by atoms with van der Waals surface area (Å²) in [5.74, 6) is 0.824. The van der Waals surface area contributed by atoms with Gasteiger partial charge in [0.2, 0.25) is 0 Å². The van der Waals surface area contributed by atoms with E-state index in [1.807, 2.05) is 4.68 Å². The lowest BCUT2D eigenvalue weighted by molar-refractivity contribution is 0.628. The van der Waals surface area contributed by atoms with Crippen LogP contribution in [0, 0.1) is 19.7 Å². The van der Waals surface area contributed by atoms with Crippen molar-refractivity contribution in [3.8, 4) is 16.9 Å². The van der Waals surface area contributed by atoms with Crippen LogP contribution in [-0.2, 0) is 6.42 Å². The molecule has 0 fully saturated rings. The Kier molecular flexibility index (Phi) is 3.18. The molecule has 0 unspecified atom stereocenters. The van der Waals surface area contributed by atoms with E-state index in [2.05, 4.69) is 37.4 Å². The van der Waals surface area contributed by atoms with Crippen molar-refractivity contribution in [3.63, 3.8) is 0 Å². The molecule has 0 aliphatic carbocycles. The summed E-state index contributed by atoms with van der Waals surface area (Å²) in [6.07, 6.45) is 0.937. The Bertz CT molecular complexity index is 878. The second-order valence-electron chi connectivity index (χ2n) is 6.04. The van der Waals surface area contributed by atoms with Crippen LogP contribution in [0.1, 0.15) is 16.7 Å². The van der Waals surface area contributed by atoms with Crippen LogP contribution < -0.4 is 5.32 Å². The van der Waals surface area contributed by atoms with E-state index in [-0.39, 0.29) is 5.82 Å². The number of hydrogen-bond donors (Lipinski definition) is 1. The van der Waals surface area contributed by atoms with Gasteiger partial charge in [-0.25, -0.2) is 9.07 Å². The third kappa shape index (κ3) is 2.31. The zero-order valence-electron chi connectivity index (χ0n) is 13.2. The molecule has 3 aromatic rings. The minimum Gasteiger partial charge on any atom is -0.369 e. The average molecular weight is 307 g/mol. The third-order valence-electron chi connectivity index (χ3n) is 4.50. The van der Waals surface area contributed by atoms with Gasteiger partial charge in [0.05, 0.1) is 11.4 Å². The van der Waals surface area contributed by atoms with Gasteiger partial charge in [0.1, 0.15) is 11.6 Å². The molecule has 0 saturated heterocycles. The summed E-state index contributed by atoms with van der Waals surface area (Å²) in [6.45, 7) is 5.12. The van der Waals surface area contributed by atoms with Gasteiger partial charge in [0.15, 0.2) is 0 Å². The quantitative estimate of drug-likeness (QED) is 0.766. The summed E-state index contributed by atoms with van der Waals surface area (Å²) in [4.78, 5) is 0. The Labute approximate surface area is 134 Å². The Morgan fingerprint density at radius 1 is 1.04 bits per heavy atom. The molecule has 23 heavy (non-hydrogen) atoms. The largest absolute Gasteiger partial charge is 0.369 e. The molecule has 0 spiro atoms. The molecule has 0 saturated carbocycles. The van der Waals surface area contributed by atoms with Crippen LogP contribution in [0.15, 0.2) is 42.5 Å². The lowest BCUT2D eigenvalue weighted by atomic mass is 10.1. The number of halogens is 1. The monoisotopic (exact) mass is 307 g/mol. The summed E-state index contributed by atoms with van der Waals surface area (Å²) >= 11 is 0. The number of rotatable bonds is 2.